The molecule has 3 aromatic rings. The number of rotatable bonds is 8. The lowest BCUT2D eigenvalue weighted by atomic mass is 10.2. The lowest BCUT2D eigenvalue weighted by Crippen LogP contribution is -2.22. The molecule has 6 nitrogen and oxygen atoms in total. The Morgan fingerprint density at radius 2 is 2.00 bits per heavy atom. The van der Waals surface area contributed by atoms with Crippen LogP contribution in [0.5, 0.6) is 11.5 Å². The molecule has 0 radical (unpaired) electrons. The van der Waals surface area contributed by atoms with Crippen LogP contribution in [-0.2, 0) is 6.42 Å². The van der Waals surface area contributed by atoms with E-state index >= 15 is 0 Å². The molecule has 0 atom stereocenters. The summed E-state index contributed by atoms with van der Waals surface area (Å²) in [5.74, 6) is 1.86. The van der Waals surface area contributed by atoms with Gasteiger partial charge < -0.3 is 9.47 Å². The summed E-state index contributed by atoms with van der Waals surface area (Å²) in [6, 6.07) is 9.22. The second kappa shape index (κ2) is 10.4. The smallest absolute Gasteiger partial charge is 0.282 e. The summed E-state index contributed by atoms with van der Waals surface area (Å²) in [6.45, 7) is 6.02. The Balaban J connectivity index is 2.08. The number of halogens is 2. The number of fused-ring (bicyclic) bond motifs is 1. The molecule has 0 fully saturated rings. The van der Waals surface area contributed by atoms with Crippen LogP contribution in [0.2, 0.25) is 0 Å². The molecular formula is C23H25Br2N3O3. The van der Waals surface area contributed by atoms with Crippen molar-refractivity contribution in [1.29, 1.82) is 0 Å². The van der Waals surface area contributed by atoms with Gasteiger partial charge >= 0.3 is 0 Å². The summed E-state index contributed by atoms with van der Waals surface area (Å²) < 4.78 is 14.3. The molecule has 0 unspecified atom stereocenters. The largest absolute Gasteiger partial charge is 0.493 e. The van der Waals surface area contributed by atoms with Gasteiger partial charge in [0.25, 0.3) is 5.56 Å². The van der Waals surface area contributed by atoms with E-state index in [0.29, 0.717) is 34.6 Å². The van der Waals surface area contributed by atoms with E-state index in [1.165, 1.54) is 4.68 Å². The van der Waals surface area contributed by atoms with E-state index < -0.39 is 0 Å². The van der Waals surface area contributed by atoms with Gasteiger partial charge in [-0.05, 0) is 72.1 Å². The van der Waals surface area contributed by atoms with Gasteiger partial charge in [-0.25, -0.2) is 4.98 Å². The molecule has 0 N–H and O–H groups in total. The molecule has 164 valence electrons. The van der Waals surface area contributed by atoms with Crippen molar-refractivity contribution in [2.45, 2.75) is 46.1 Å². The van der Waals surface area contributed by atoms with Gasteiger partial charge in [0.2, 0.25) is 0 Å². The van der Waals surface area contributed by atoms with E-state index in [2.05, 4.69) is 43.9 Å². The molecule has 0 aliphatic rings. The number of unbranched alkanes of at least 4 members (excludes halogenated alkanes) is 1. The van der Waals surface area contributed by atoms with Crippen LogP contribution in [0.1, 0.15) is 45.0 Å². The standard InChI is InChI=1S/C23H25Br2N3O3/c1-5-6-7-21-27-19-9-8-16(24)12-17(19)23(29)28(21)26-13-15-10-18(25)22(31-14(2)3)20(11-15)30-4/h8-14H,5-7H2,1-4H3. The van der Waals surface area contributed by atoms with E-state index in [1.807, 2.05) is 38.1 Å². The van der Waals surface area contributed by atoms with Gasteiger partial charge in [0.05, 0.1) is 34.8 Å². The Morgan fingerprint density at radius 3 is 2.68 bits per heavy atom. The molecule has 1 aromatic heterocycles. The number of nitrogens with zero attached hydrogens (tertiary/aromatic N) is 3. The Labute approximate surface area is 198 Å². The predicted octanol–water partition coefficient (Wildman–Crippen LogP) is 5.94. The van der Waals surface area contributed by atoms with E-state index in [0.717, 1.165) is 27.4 Å². The van der Waals surface area contributed by atoms with Crippen molar-refractivity contribution in [1.82, 2.24) is 9.66 Å². The fraction of sp³-hybridized carbons (Fsp3) is 0.348. The first-order valence-corrected chi connectivity index (χ1v) is 11.7. The average Bonchev–Trinajstić information content (AvgIpc) is 2.73. The van der Waals surface area contributed by atoms with Crippen molar-refractivity contribution in [3.8, 4) is 11.5 Å². The maximum absolute atomic E-state index is 13.2. The molecule has 0 amide bonds. The van der Waals surface area contributed by atoms with Crippen LogP contribution in [0.4, 0.5) is 0 Å². The van der Waals surface area contributed by atoms with Crippen molar-refractivity contribution in [3.63, 3.8) is 0 Å². The molecule has 31 heavy (non-hydrogen) atoms. The van der Waals surface area contributed by atoms with Gasteiger partial charge in [-0.15, -0.1) is 0 Å². The molecule has 0 spiro atoms. The number of ether oxygens (including phenoxy) is 2. The predicted molar refractivity (Wildman–Crippen MR) is 132 cm³/mol. The van der Waals surface area contributed by atoms with Crippen LogP contribution in [-0.4, -0.2) is 29.1 Å². The first-order valence-electron chi connectivity index (χ1n) is 10.1. The lowest BCUT2D eigenvalue weighted by Gasteiger charge is -2.15. The highest BCUT2D eigenvalue weighted by molar-refractivity contribution is 9.10. The number of hydrogen-bond donors (Lipinski definition) is 0. The Morgan fingerprint density at radius 1 is 1.23 bits per heavy atom. The minimum absolute atomic E-state index is 0.00687. The second-order valence-electron chi connectivity index (χ2n) is 7.36. The number of aryl methyl sites for hydroxylation is 1. The molecule has 0 bridgehead atoms. The fourth-order valence-corrected chi connectivity index (χ4v) is 4.01. The second-order valence-corrected chi connectivity index (χ2v) is 9.13. The van der Waals surface area contributed by atoms with Crippen molar-refractivity contribution >= 4 is 49.0 Å². The van der Waals surface area contributed by atoms with E-state index in [4.69, 9.17) is 14.5 Å². The van der Waals surface area contributed by atoms with E-state index in [1.54, 1.807) is 19.4 Å². The van der Waals surface area contributed by atoms with Gasteiger partial charge in [0.1, 0.15) is 5.82 Å². The zero-order valence-electron chi connectivity index (χ0n) is 18.0. The fourth-order valence-electron chi connectivity index (χ4n) is 3.10. The zero-order chi connectivity index (χ0) is 22.5. The molecule has 0 aliphatic carbocycles. The summed E-state index contributed by atoms with van der Waals surface area (Å²) in [6.07, 6.45) is 4.23. The number of aromatic nitrogens is 2. The van der Waals surface area contributed by atoms with Crippen LogP contribution in [0.25, 0.3) is 10.9 Å². The molecule has 1 heterocycles. The van der Waals surface area contributed by atoms with Crippen molar-refractivity contribution in [3.05, 3.63) is 61.0 Å². The lowest BCUT2D eigenvalue weighted by molar-refractivity contribution is 0.228. The van der Waals surface area contributed by atoms with Crippen LogP contribution in [0, 0.1) is 0 Å². The molecule has 3 rings (SSSR count). The quantitative estimate of drug-likeness (QED) is 0.325. The molecule has 8 heteroatoms. The highest BCUT2D eigenvalue weighted by Crippen LogP contribution is 2.37. The van der Waals surface area contributed by atoms with E-state index in [-0.39, 0.29) is 11.7 Å². The van der Waals surface area contributed by atoms with Crippen LogP contribution < -0.4 is 15.0 Å². The topological polar surface area (TPSA) is 65.7 Å². The Bertz CT molecular complexity index is 1170. The highest BCUT2D eigenvalue weighted by Gasteiger charge is 2.14. The molecule has 0 aliphatic heterocycles. The minimum Gasteiger partial charge on any atom is -0.493 e. The summed E-state index contributed by atoms with van der Waals surface area (Å²) in [5, 5.41) is 5.02. The van der Waals surface area contributed by atoms with Gasteiger partial charge in [0.15, 0.2) is 11.5 Å². The first kappa shape index (κ1) is 23.5. The van der Waals surface area contributed by atoms with Gasteiger partial charge in [0, 0.05) is 10.9 Å². The molecular weight excluding hydrogens is 526 g/mol. The third-order valence-corrected chi connectivity index (χ3v) is 5.64. The summed E-state index contributed by atoms with van der Waals surface area (Å²) in [4.78, 5) is 17.9. The van der Waals surface area contributed by atoms with Crippen LogP contribution in [0.3, 0.4) is 0 Å². The van der Waals surface area contributed by atoms with E-state index in [9.17, 15) is 4.79 Å². The minimum atomic E-state index is -0.195. The van der Waals surface area contributed by atoms with Gasteiger partial charge in [-0.3, -0.25) is 4.79 Å². The number of methoxy groups -OCH3 is 1. The highest BCUT2D eigenvalue weighted by atomic mass is 79.9. The normalized spacial score (nSPS) is 11.6. The summed E-state index contributed by atoms with van der Waals surface area (Å²) >= 11 is 6.97. The zero-order valence-corrected chi connectivity index (χ0v) is 21.2. The number of benzene rings is 2. The van der Waals surface area contributed by atoms with Crippen LogP contribution in [0.15, 0.2) is 49.2 Å². The van der Waals surface area contributed by atoms with Gasteiger partial charge in [-0.1, -0.05) is 29.3 Å². The first-order chi connectivity index (χ1) is 14.8. The Kier molecular flexibility index (Phi) is 7.89. The number of hydrogen-bond acceptors (Lipinski definition) is 5. The Hall–Kier alpha value is -2.19. The maximum Gasteiger partial charge on any atom is 0.282 e. The molecule has 2 aromatic carbocycles. The van der Waals surface area contributed by atoms with Crippen LogP contribution >= 0.6 is 31.9 Å². The molecule has 0 saturated carbocycles. The third kappa shape index (κ3) is 5.54. The van der Waals surface area contributed by atoms with Crippen molar-refractivity contribution < 1.29 is 9.47 Å². The SMILES string of the molecule is CCCCc1nc2ccc(Br)cc2c(=O)n1N=Cc1cc(Br)c(OC(C)C)c(OC)c1. The van der Waals surface area contributed by atoms with Crippen molar-refractivity contribution in [2.75, 3.05) is 7.11 Å². The monoisotopic (exact) mass is 549 g/mol. The third-order valence-electron chi connectivity index (χ3n) is 4.56. The molecule has 0 saturated heterocycles. The van der Waals surface area contributed by atoms with Gasteiger partial charge in [-0.2, -0.15) is 9.78 Å². The average molecular weight is 551 g/mol. The van der Waals surface area contributed by atoms with Crippen molar-refractivity contribution in [2.24, 2.45) is 5.10 Å². The summed E-state index contributed by atoms with van der Waals surface area (Å²) in [7, 11) is 1.59. The summed E-state index contributed by atoms with van der Waals surface area (Å²) in [5.41, 5.74) is 1.24. The maximum atomic E-state index is 13.2.